The fourth-order valence-corrected chi connectivity index (χ4v) is 4.75. The molecular formula is C24H30N4O2. The zero-order chi connectivity index (χ0) is 21.0. The molecule has 30 heavy (non-hydrogen) atoms. The summed E-state index contributed by atoms with van der Waals surface area (Å²) in [4.78, 5) is 36.6. The van der Waals surface area contributed by atoms with Crippen LogP contribution >= 0.6 is 0 Å². The first-order valence-corrected chi connectivity index (χ1v) is 11.0. The SMILES string of the molecule is CCNC(=O)C1(Cc2ccccc2-c2cncnc2)CCCN(C(=O)C2CCC2)C1. The predicted octanol–water partition coefficient (Wildman–Crippen LogP) is 3.23. The highest BCUT2D eigenvalue weighted by atomic mass is 16.2. The molecule has 6 nitrogen and oxygen atoms in total. The molecule has 4 rings (SSSR count). The Morgan fingerprint density at radius 3 is 2.63 bits per heavy atom. The summed E-state index contributed by atoms with van der Waals surface area (Å²) in [6, 6.07) is 8.14. The number of hydrogen-bond acceptors (Lipinski definition) is 4. The minimum Gasteiger partial charge on any atom is -0.356 e. The van der Waals surface area contributed by atoms with Crippen molar-refractivity contribution in [1.82, 2.24) is 20.2 Å². The number of carbonyl (C=O) groups is 2. The molecule has 2 heterocycles. The molecule has 158 valence electrons. The first-order chi connectivity index (χ1) is 14.6. The lowest BCUT2D eigenvalue weighted by Gasteiger charge is -2.44. The third-order valence-electron chi connectivity index (χ3n) is 6.58. The number of hydrogen-bond donors (Lipinski definition) is 1. The number of amides is 2. The normalized spacial score (nSPS) is 21.7. The van der Waals surface area contributed by atoms with Crippen molar-refractivity contribution in [1.29, 1.82) is 0 Å². The van der Waals surface area contributed by atoms with Gasteiger partial charge >= 0.3 is 0 Å². The van der Waals surface area contributed by atoms with E-state index in [4.69, 9.17) is 0 Å². The molecule has 1 aromatic heterocycles. The molecule has 6 heteroatoms. The number of nitrogens with one attached hydrogen (secondary N) is 1. The summed E-state index contributed by atoms with van der Waals surface area (Å²) in [6.45, 7) is 3.78. The molecular weight excluding hydrogens is 376 g/mol. The zero-order valence-electron chi connectivity index (χ0n) is 17.6. The molecule has 1 aliphatic carbocycles. The maximum Gasteiger partial charge on any atom is 0.228 e. The Balaban J connectivity index is 1.65. The molecule has 1 N–H and O–H groups in total. The van der Waals surface area contributed by atoms with E-state index in [1.807, 2.05) is 24.0 Å². The largest absolute Gasteiger partial charge is 0.356 e. The summed E-state index contributed by atoms with van der Waals surface area (Å²) in [7, 11) is 0. The predicted molar refractivity (Wildman–Crippen MR) is 115 cm³/mol. The lowest BCUT2D eigenvalue weighted by atomic mass is 9.72. The minimum absolute atomic E-state index is 0.0511. The van der Waals surface area contributed by atoms with Crippen molar-refractivity contribution in [2.45, 2.75) is 45.4 Å². The molecule has 1 atom stereocenters. The van der Waals surface area contributed by atoms with E-state index in [9.17, 15) is 9.59 Å². The van der Waals surface area contributed by atoms with Crippen LogP contribution in [0.1, 0.15) is 44.6 Å². The number of rotatable bonds is 6. The van der Waals surface area contributed by atoms with Gasteiger partial charge in [-0.3, -0.25) is 9.59 Å². The summed E-state index contributed by atoms with van der Waals surface area (Å²) >= 11 is 0. The number of benzene rings is 1. The van der Waals surface area contributed by atoms with Crippen molar-refractivity contribution < 1.29 is 9.59 Å². The monoisotopic (exact) mass is 406 g/mol. The number of piperidine rings is 1. The van der Waals surface area contributed by atoms with E-state index < -0.39 is 5.41 Å². The molecule has 1 unspecified atom stereocenters. The van der Waals surface area contributed by atoms with Gasteiger partial charge in [-0.05, 0) is 50.2 Å². The van der Waals surface area contributed by atoms with Crippen molar-refractivity contribution in [3.05, 3.63) is 48.5 Å². The Labute approximate surface area is 178 Å². The minimum atomic E-state index is -0.612. The van der Waals surface area contributed by atoms with Crippen LogP contribution in [0.25, 0.3) is 11.1 Å². The third-order valence-corrected chi connectivity index (χ3v) is 6.58. The van der Waals surface area contributed by atoms with Crippen LogP contribution in [0.2, 0.25) is 0 Å². The van der Waals surface area contributed by atoms with Crippen molar-refractivity contribution >= 4 is 11.8 Å². The molecule has 0 spiro atoms. The van der Waals surface area contributed by atoms with Crippen LogP contribution in [0.5, 0.6) is 0 Å². The summed E-state index contributed by atoms with van der Waals surface area (Å²) in [5.41, 5.74) is 2.47. The summed E-state index contributed by atoms with van der Waals surface area (Å²) in [5.74, 6) is 0.443. The molecule has 0 bridgehead atoms. The molecule has 1 saturated heterocycles. The van der Waals surface area contributed by atoms with E-state index in [1.54, 1.807) is 12.4 Å². The van der Waals surface area contributed by atoms with Crippen LogP contribution < -0.4 is 5.32 Å². The van der Waals surface area contributed by atoms with Crippen LogP contribution in [0.4, 0.5) is 0 Å². The van der Waals surface area contributed by atoms with E-state index in [2.05, 4.69) is 27.4 Å². The first kappa shape index (κ1) is 20.5. The van der Waals surface area contributed by atoms with Gasteiger partial charge in [0.25, 0.3) is 0 Å². The Morgan fingerprint density at radius 1 is 1.17 bits per heavy atom. The highest BCUT2D eigenvalue weighted by molar-refractivity contribution is 5.86. The molecule has 1 saturated carbocycles. The first-order valence-electron chi connectivity index (χ1n) is 11.0. The molecule has 2 fully saturated rings. The number of carbonyl (C=O) groups excluding carboxylic acids is 2. The number of likely N-dealkylation sites (tertiary alicyclic amines) is 1. The van der Waals surface area contributed by atoms with E-state index in [1.165, 1.54) is 6.33 Å². The van der Waals surface area contributed by atoms with E-state index in [-0.39, 0.29) is 17.7 Å². The van der Waals surface area contributed by atoms with E-state index in [0.29, 0.717) is 19.5 Å². The second-order valence-electron chi connectivity index (χ2n) is 8.59. The van der Waals surface area contributed by atoms with Gasteiger partial charge in [0.15, 0.2) is 0 Å². The van der Waals surface area contributed by atoms with E-state index in [0.717, 1.165) is 55.3 Å². The van der Waals surface area contributed by atoms with Gasteiger partial charge in [-0.2, -0.15) is 0 Å². The highest BCUT2D eigenvalue weighted by Crippen LogP contribution is 2.38. The summed E-state index contributed by atoms with van der Waals surface area (Å²) in [6.07, 6.45) is 10.5. The van der Waals surface area contributed by atoms with E-state index >= 15 is 0 Å². The molecule has 1 aromatic carbocycles. The second-order valence-corrected chi connectivity index (χ2v) is 8.59. The molecule has 1 aliphatic heterocycles. The standard InChI is InChI=1S/C24H30N4O2/c1-2-27-23(30)24(11-6-12-28(16-24)22(29)18-8-5-9-18)13-19-7-3-4-10-21(19)20-14-25-17-26-15-20/h3-4,7,10,14-15,17-18H,2,5-6,8-9,11-13,16H2,1H3,(H,27,30). The average Bonchev–Trinajstić information content (AvgIpc) is 2.74. The Morgan fingerprint density at radius 2 is 1.93 bits per heavy atom. The lowest BCUT2D eigenvalue weighted by molar-refractivity contribution is -0.146. The van der Waals surface area contributed by atoms with Gasteiger partial charge in [-0.1, -0.05) is 30.7 Å². The maximum absolute atomic E-state index is 13.3. The van der Waals surface area contributed by atoms with Crippen LogP contribution in [-0.4, -0.2) is 46.3 Å². The van der Waals surface area contributed by atoms with Gasteiger partial charge in [0.2, 0.25) is 11.8 Å². The maximum atomic E-state index is 13.3. The van der Waals surface area contributed by atoms with Crippen LogP contribution in [-0.2, 0) is 16.0 Å². The summed E-state index contributed by atoms with van der Waals surface area (Å²) < 4.78 is 0. The smallest absolute Gasteiger partial charge is 0.228 e. The fourth-order valence-electron chi connectivity index (χ4n) is 4.75. The molecule has 2 aliphatic rings. The van der Waals surface area contributed by atoms with Gasteiger partial charge in [0.1, 0.15) is 6.33 Å². The van der Waals surface area contributed by atoms with Crippen LogP contribution in [0, 0.1) is 11.3 Å². The van der Waals surface area contributed by atoms with Crippen molar-refractivity contribution in [3.8, 4) is 11.1 Å². The van der Waals surface area contributed by atoms with Gasteiger partial charge in [0.05, 0.1) is 5.41 Å². The number of aromatic nitrogens is 2. The van der Waals surface area contributed by atoms with Crippen LogP contribution in [0.15, 0.2) is 43.0 Å². The van der Waals surface area contributed by atoms with Crippen LogP contribution in [0.3, 0.4) is 0 Å². The second kappa shape index (κ2) is 8.94. The Bertz CT molecular complexity index is 897. The summed E-state index contributed by atoms with van der Waals surface area (Å²) in [5, 5.41) is 3.05. The fraction of sp³-hybridized carbons (Fsp3) is 0.500. The molecule has 2 aromatic rings. The number of nitrogens with zero attached hydrogens (tertiary/aromatic N) is 3. The average molecular weight is 407 g/mol. The topological polar surface area (TPSA) is 75.2 Å². The Hall–Kier alpha value is -2.76. The lowest BCUT2D eigenvalue weighted by Crippen LogP contribution is -2.55. The van der Waals surface area contributed by atoms with Gasteiger partial charge in [-0.15, -0.1) is 0 Å². The highest BCUT2D eigenvalue weighted by Gasteiger charge is 2.45. The van der Waals surface area contributed by atoms with Crippen molar-refractivity contribution in [3.63, 3.8) is 0 Å². The third kappa shape index (κ3) is 4.09. The zero-order valence-corrected chi connectivity index (χ0v) is 17.6. The molecule has 0 radical (unpaired) electrons. The van der Waals surface area contributed by atoms with Crippen molar-refractivity contribution in [2.24, 2.45) is 11.3 Å². The quantitative estimate of drug-likeness (QED) is 0.799. The van der Waals surface area contributed by atoms with Gasteiger partial charge < -0.3 is 10.2 Å². The van der Waals surface area contributed by atoms with Gasteiger partial charge in [0, 0.05) is 43.5 Å². The Kier molecular flexibility index (Phi) is 6.11. The van der Waals surface area contributed by atoms with Gasteiger partial charge in [-0.25, -0.2) is 9.97 Å². The molecule has 2 amide bonds. The van der Waals surface area contributed by atoms with Crippen molar-refractivity contribution in [2.75, 3.05) is 19.6 Å².